The Hall–Kier alpha value is -0.640. The maximum absolute atomic E-state index is 6.70. The third-order valence-corrected chi connectivity index (χ3v) is 9.18. The highest BCUT2D eigenvalue weighted by Gasteiger charge is 2.40. The molecule has 1 atom stereocenters. The molecule has 0 saturated carbocycles. The van der Waals surface area contributed by atoms with Crippen molar-refractivity contribution < 1.29 is 9.47 Å². The van der Waals surface area contributed by atoms with E-state index in [2.05, 4.69) is 57.1 Å². The zero-order valence-electron chi connectivity index (χ0n) is 29.9. The number of ether oxygens (including phenoxy) is 2. The van der Waals surface area contributed by atoms with Crippen LogP contribution in [0.4, 0.5) is 0 Å². The second-order valence-electron chi connectivity index (χ2n) is 13.9. The van der Waals surface area contributed by atoms with E-state index in [1.165, 1.54) is 161 Å². The van der Waals surface area contributed by atoms with Crippen LogP contribution in [-0.2, 0) is 9.47 Å². The molecule has 1 rings (SSSR count). The standard InChI is InChI=1S/C40H77NO2/c1-5-7-9-11-13-15-17-19-21-23-25-27-29-31-35-40(42-38-39(43-40)34-33-37-41(3)4)36-32-30-28-26-24-22-20-18-16-14-12-10-8-6-2/h15-18,39H,5-14,19-38H2,1-4H3/b17-15-,18-16-. The monoisotopic (exact) mass is 604 g/mol. The molecule has 1 fully saturated rings. The van der Waals surface area contributed by atoms with Crippen LogP contribution in [0.25, 0.3) is 0 Å². The summed E-state index contributed by atoms with van der Waals surface area (Å²) in [6.45, 7) is 6.50. The van der Waals surface area contributed by atoms with Crippen LogP contribution in [0.2, 0.25) is 0 Å². The van der Waals surface area contributed by atoms with E-state index >= 15 is 0 Å². The van der Waals surface area contributed by atoms with Gasteiger partial charge < -0.3 is 14.4 Å². The van der Waals surface area contributed by atoms with Gasteiger partial charge in [0.2, 0.25) is 0 Å². The van der Waals surface area contributed by atoms with Crippen molar-refractivity contribution in [2.45, 2.75) is 206 Å². The highest BCUT2D eigenvalue weighted by Crippen LogP contribution is 2.36. The molecule has 0 aromatic heterocycles. The maximum Gasteiger partial charge on any atom is 0.168 e. The fourth-order valence-corrected chi connectivity index (χ4v) is 6.36. The van der Waals surface area contributed by atoms with Crippen molar-refractivity contribution in [3.05, 3.63) is 24.3 Å². The second kappa shape index (κ2) is 30.0. The van der Waals surface area contributed by atoms with E-state index in [-0.39, 0.29) is 5.79 Å². The van der Waals surface area contributed by atoms with Gasteiger partial charge in [-0.05, 0) is 97.7 Å². The van der Waals surface area contributed by atoms with E-state index in [1.807, 2.05) is 0 Å². The number of hydrogen-bond donors (Lipinski definition) is 0. The first kappa shape index (κ1) is 40.4. The van der Waals surface area contributed by atoms with Gasteiger partial charge in [0.15, 0.2) is 5.79 Å². The van der Waals surface area contributed by atoms with Gasteiger partial charge in [0.25, 0.3) is 0 Å². The number of hydrogen-bond acceptors (Lipinski definition) is 3. The predicted molar refractivity (Wildman–Crippen MR) is 191 cm³/mol. The summed E-state index contributed by atoms with van der Waals surface area (Å²) in [6, 6.07) is 0. The predicted octanol–water partition coefficient (Wildman–Crippen LogP) is 12.7. The molecule has 254 valence electrons. The molecule has 0 radical (unpaired) electrons. The Bertz CT molecular complexity index is 590. The van der Waals surface area contributed by atoms with Gasteiger partial charge in [-0.25, -0.2) is 0 Å². The smallest absolute Gasteiger partial charge is 0.168 e. The Balaban J connectivity index is 2.19. The summed E-state index contributed by atoms with van der Waals surface area (Å²) in [5, 5.41) is 0. The van der Waals surface area contributed by atoms with E-state index in [4.69, 9.17) is 9.47 Å². The highest BCUT2D eigenvalue weighted by atomic mass is 16.7. The lowest BCUT2D eigenvalue weighted by Gasteiger charge is -2.28. The largest absolute Gasteiger partial charge is 0.347 e. The van der Waals surface area contributed by atoms with Gasteiger partial charge in [-0.15, -0.1) is 0 Å². The van der Waals surface area contributed by atoms with Crippen molar-refractivity contribution in [3.63, 3.8) is 0 Å². The first-order valence-corrected chi connectivity index (χ1v) is 19.4. The number of nitrogens with zero attached hydrogens (tertiary/aromatic N) is 1. The minimum absolute atomic E-state index is 0.291. The molecule has 0 bridgehead atoms. The van der Waals surface area contributed by atoms with Crippen LogP contribution >= 0.6 is 0 Å². The van der Waals surface area contributed by atoms with Gasteiger partial charge in [-0.1, -0.05) is 128 Å². The molecule has 0 aromatic carbocycles. The lowest BCUT2D eigenvalue weighted by atomic mass is 9.98. The minimum atomic E-state index is -0.299. The van der Waals surface area contributed by atoms with Crippen LogP contribution in [0.3, 0.4) is 0 Å². The maximum atomic E-state index is 6.70. The molecule has 1 heterocycles. The second-order valence-corrected chi connectivity index (χ2v) is 13.9. The van der Waals surface area contributed by atoms with E-state index in [1.54, 1.807) is 0 Å². The summed E-state index contributed by atoms with van der Waals surface area (Å²) < 4.78 is 13.2. The normalized spacial score (nSPS) is 16.9. The van der Waals surface area contributed by atoms with Crippen molar-refractivity contribution >= 4 is 0 Å². The molecule has 1 aliphatic heterocycles. The summed E-state index contributed by atoms with van der Waals surface area (Å²) >= 11 is 0. The Morgan fingerprint density at radius 1 is 0.535 bits per heavy atom. The van der Waals surface area contributed by atoms with Gasteiger partial charge in [0.1, 0.15) is 0 Å². The summed E-state index contributed by atoms with van der Waals surface area (Å²) in [5.74, 6) is -0.299. The van der Waals surface area contributed by atoms with E-state index in [9.17, 15) is 0 Å². The molecule has 1 unspecified atom stereocenters. The molecule has 0 aliphatic carbocycles. The number of unbranched alkanes of at least 4 members (excludes halogenated alkanes) is 20. The zero-order valence-corrected chi connectivity index (χ0v) is 29.9. The molecular weight excluding hydrogens is 526 g/mol. The SMILES string of the molecule is CCCCCC/C=C\CCCCCCCCC1(CCCCCCCC/C=C\CCCCCC)OCC(CCCN(C)C)O1. The average molecular weight is 604 g/mol. The number of allylic oxidation sites excluding steroid dienone is 4. The molecule has 3 nitrogen and oxygen atoms in total. The quantitative estimate of drug-likeness (QED) is 0.0564. The molecule has 3 heteroatoms. The first-order chi connectivity index (χ1) is 21.1. The Morgan fingerprint density at radius 3 is 1.35 bits per heavy atom. The minimum Gasteiger partial charge on any atom is -0.347 e. The van der Waals surface area contributed by atoms with Crippen LogP contribution < -0.4 is 0 Å². The summed E-state index contributed by atoms with van der Waals surface area (Å²) in [4.78, 5) is 2.28. The molecule has 1 aliphatic rings. The highest BCUT2D eigenvalue weighted by molar-refractivity contribution is 4.83. The van der Waals surface area contributed by atoms with E-state index < -0.39 is 0 Å². The summed E-state index contributed by atoms with van der Waals surface area (Å²) in [6.07, 6.45) is 46.6. The summed E-state index contributed by atoms with van der Waals surface area (Å²) in [7, 11) is 4.32. The molecule has 1 saturated heterocycles. The third kappa shape index (κ3) is 25.3. The Morgan fingerprint density at radius 2 is 0.930 bits per heavy atom. The van der Waals surface area contributed by atoms with E-state index in [0.717, 1.165) is 32.4 Å². The molecule has 43 heavy (non-hydrogen) atoms. The lowest BCUT2D eigenvalue weighted by Crippen LogP contribution is -2.31. The Kier molecular flexibility index (Phi) is 28.2. The average Bonchev–Trinajstić information content (AvgIpc) is 3.40. The van der Waals surface area contributed by atoms with Gasteiger partial charge in [-0.3, -0.25) is 0 Å². The van der Waals surface area contributed by atoms with Gasteiger partial charge in [0, 0.05) is 12.8 Å². The van der Waals surface area contributed by atoms with Gasteiger partial charge in [-0.2, -0.15) is 0 Å². The van der Waals surface area contributed by atoms with Crippen LogP contribution in [0.5, 0.6) is 0 Å². The van der Waals surface area contributed by atoms with Crippen LogP contribution in [0.1, 0.15) is 194 Å². The van der Waals surface area contributed by atoms with Crippen molar-refractivity contribution in [1.29, 1.82) is 0 Å². The topological polar surface area (TPSA) is 21.7 Å². The molecule has 0 amide bonds. The van der Waals surface area contributed by atoms with Gasteiger partial charge >= 0.3 is 0 Å². The molecule has 0 N–H and O–H groups in total. The zero-order chi connectivity index (χ0) is 31.1. The third-order valence-electron chi connectivity index (χ3n) is 9.18. The van der Waals surface area contributed by atoms with Crippen LogP contribution in [0.15, 0.2) is 24.3 Å². The van der Waals surface area contributed by atoms with Crippen LogP contribution in [-0.4, -0.2) is 44.0 Å². The summed E-state index contributed by atoms with van der Waals surface area (Å²) in [5.41, 5.74) is 0. The fourth-order valence-electron chi connectivity index (χ4n) is 6.36. The van der Waals surface area contributed by atoms with Crippen molar-refractivity contribution in [2.75, 3.05) is 27.2 Å². The molecular formula is C40H77NO2. The van der Waals surface area contributed by atoms with E-state index in [0.29, 0.717) is 6.10 Å². The Labute approximate surface area is 271 Å². The lowest BCUT2D eigenvalue weighted by molar-refractivity contribution is -0.180. The fraction of sp³-hybridized carbons (Fsp3) is 0.900. The molecule has 0 spiro atoms. The van der Waals surface area contributed by atoms with Gasteiger partial charge in [0.05, 0.1) is 12.7 Å². The van der Waals surface area contributed by atoms with Crippen molar-refractivity contribution in [1.82, 2.24) is 4.90 Å². The first-order valence-electron chi connectivity index (χ1n) is 19.4. The van der Waals surface area contributed by atoms with Crippen molar-refractivity contribution in [2.24, 2.45) is 0 Å². The number of rotatable bonds is 32. The van der Waals surface area contributed by atoms with Crippen LogP contribution in [0, 0.1) is 0 Å². The van der Waals surface area contributed by atoms with Crippen molar-refractivity contribution in [3.8, 4) is 0 Å². The molecule has 0 aromatic rings.